The Labute approximate surface area is 89.5 Å². The van der Waals surface area contributed by atoms with Crippen LogP contribution in [-0.4, -0.2) is 16.1 Å². The van der Waals surface area contributed by atoms with E-state index < -0.39 is 5.60 Å². The predicted octanol–water partition coefficient (Wildman–Crippen LogP) is 2.71. The average Bonchev–Trinajstić information content (AvgIpc) is 2.49. The maximum atomic E-state index is 10.5. The van der Waals surface area contributed by atoms with Gasteiger partial charge in [0.15, 0.2) is 0 Å². The molecule has 1 fully saturated rings. The summed E-state index contributed by atoms with van der Waals surface area (Å²) in [7, 11) is 0. The molecule has 2 heteroatoms. The molecule has 1 heterocycles. The zero-order valence-electron chi connectivity index (χ0n) is 8.66. The van der Waals surface area contributed by atoms with Gasteiger partial charge in [-0.15, -0.1) is 0 Å². The molecule has 76 valence electrons. The van der Waals surface area contributed by atoms with E-state index in [0.717, 1.165) is 17.7 Å². The fraction of sp³-hybridized carbons (Fsp3) is 0.500. The number of benzene rings is 1. The maximum absolute atomic E-state index is 10.5. The predicted molar refractivity (Wildman–Crippen MR) is 61.6 cm³/mol. The molecule has 0 aromatic heterocycles. The van der Waals surface area contributed by atoms with E-state index in [1.165, 1.54) is 5.56 Å². The van der Waals surface area contributed by atoms with E-state index in [-0.39, 0.29) is 0 Å². The highest BCUT2D eigenvalue weighted by atomic mass is 32.2. The quantitative estimate of drug-likeness (QED) is 0.765. The van der Waals surface area contributed by atoms with Gasteiger partial charge in [0.2, 0.25) is 0 Å². The molecule has 0 amide bonds. The first-order valence-corrected chi connectivity index (χ1v) is 6.09. The van der Waals surface area contributed by atoms with Crippen molar-refractivity contribution in [3.8, 4) is 0 Å². The molecule has 0 unspecified atom stereocenters. The Morgan fingerprint density at radius 1 is 1.36 bits per heavy atom. The number of hydrogen-bond acceptors (Lipinski definition) is 2. The lowest BCUT2D eigenvalue weighted by Crippen LogP contribution is -2.31. The van der Waals surface area contributed by atoms with Gasteiger partial charge >= 0.3 is 0 Å². The summed E-state index contributed by atoms with van der Waals surface area (Å²) in [4.78, 5) is 0. The second-order valence-corrected chi connectivity index (χ2v) is 5.50. The van der Waals surface area contributed by atoms with Gasteiger partial charge in [-0.2, -0.15) is 11.8 Å². The Morgan fingerprint density at radius 2 is 2.00 bits per heavy atom. The van der Waals surface area contributed by atoms with Gasteiger partial charge in [-0.3, -0.25) is 0 Å². The van der Waals surface area contributed by atoms with Gasteiger partial charge in [0.25, 0.3) is 0 Å². The van der Waals surface area contributed by atoms with Crippen molar-refractivity contribution in [2.24, 2.45) is 0 Å². The van der Waals surface area contributed by atoms with Crippen molar-refractivity contribution < 1.29 is 5.11 Å². The third kappa shape index (κ3) is 1.57. The summed E-state index contributed by atoms with van der Waals surface area (Å²) in [5.41, 5.74) is 1.72. The molecule has 1 aromatic rings. The fourth-order valence-electron chi connectivity index (χ4n) is 1.95. The molecule has 0 saturated carbocycles. The Hall–Kier alpha value is -0.470. The molecule has 2 atom stereocenters. The van der Waals surface area contributed by atoms with E-state index in [2.05, 4.69) is 38.1 Å². The smallest absolute Gasteiger partial charge is 0.102 e. The van der Waals surface area contributed by atoms with Gasteiger partial charge in [-0.25, -0.2) is 0 Å². The van der Waals surface area contributed by atoms with Gasteiger partial charge in [-0.05, 0) is 24.7 Å². The summed E-state index contributed by atoms with van der Waals surface area (Å²) in [6, 6.07) is 8.25. The van der Waals surface area contributed by atoms with E-state index in [0.29, 0.717) is 5.25 Å². The van der Waals surface area contributed by atoms with Crippen LogP contribution in [-0.2, 0) is 5.60 Å². The number of aryl methyl sites for hydroxylation is 1. The second-order valence-electron chi connectivity index (χ2n) is 4.05. The summed E-state index contributed by atoms with van der Waals surface area (Å²) in [5, 5.41) is 10.8. The van der Waals surface area contributed by atoms with Crippen molar-refractivity contribution in [1.82, 2.24) is 0 Å². The average molecular weight is 208 g/mol. The largest absolute Gasteiger partial charge is 0.384 e. The second kappa shape index (κ2) is 3.59. The van der Waals surface area contributed by atoms with Crippen molar-refractivity contribution >= 4 is 11.8 Å². The van der Waals surface area contributed by atoms with Crippen molar-refractivity contribution in [2.75, 3.05) is 5.75 Å². The van der Waals surface area contributed by atoms with Gasteiger partial charge in [-0.1, -0.05) is 36.8 Å². The Bertz CT molecular complexity index is 320. The third-order valence-electron chi connectivity index (χ3n) is 3.08. The molecule has 1 saturated heterocycles. The number of thioether (sulfide) groups is 1. The standard InChI is InChI=1S/C12H16OS/c1-9-3-5-11(6-4-9)12(13)7-8-14-10(12)2/h3-6,10,13H,7-8H2,1-2H3/t10-,12-/m1/s1. The first-order valence-electron chi connectivity index (χ1n) is 5.04. The van der Waals surface area contributed by atoms with Crippen LogP contribution in [0.2, 0.25) is 0 Å². The minimum absolute atomic E-state index is 0.310. The molecule has 14 heavy (non-hydrogen) atoms. The van der Waals surface area contributed by atoms with Crippen LogP contribution in [0.5, 0.6) is 0 Å². The van der Waals surface area contributed by atoms with Gasteiger partial charge in [0.1, 0.15) is 5.60 Å². The van der Waals surface area contributed by atoms with Crippen molar-refractivity contribution in [3.63, 3.8) is 0 Å². The lowest BCUT2D eigenvalue weighted by atomic mass is 9.88. The van der Waals surface area contributed by atoms with E-state index >= 15 is 0 Å². The normalized spacial score (nSPS) is 32.1. The van der Waals surface area contributed by atoms with Crippen LogP contribution >= 0.6 is 11.8 Å². The zero-order chi connectivity index (χ0) is 10.2. The molecule has 1 nitrogen and oxygen atoms in total. The minimum atomic E-state index is -0.599. The monoisotopic (exact) mass is 208 g/mol. The number of aliphatic hydroxyl groups is 1. The Balaban J connectivity index is 2.34. The number of hydrogen-bond donors (Lipinski definition) is 1. The number of rotatable bonds is 1. The molecule has 0 radical (unpaired) electrons. The first kappa shape index (κ1) is 10.1. The van der Waals surface area contributed by atoms with Crippen LogP contribution in [0.15, 0.2) is 24.3 Å². The summed E-state index contributed by atoms with van der Waals surface area (Å²) >= 11 is 1.85. The highest BCUT2D eigenvalue weighted by Gasteiger charge is 2.40. The molecule has 0 aliphatic carbocycles. The highest BCUT2D eigenvalue weighted by molar-refractivity contribution is 8.00. The third-order valence-corrected chi connectivity index (χ3v) is 4.40. The molecular formula is C12H16OS. The first-order chi connectivity index (χ1) is 6.63. The van der Waals surface area contributed by atoms with Crippen LogP contribution in [0, 0.1) is 6.92 Å². The van der Waals surface area contributed by atoms with Gasteiger partial charge in [0.05, 0.1) is 0 Å². The van der Waals surface area contributed by atoms with Crippen LogP contribution in [0.4, 0.5) is 0 Å². The molecule has 0 bridgehead atoms. The summed E-state index contributed by atoms with van der Waals surface area (Å²) in [5.74, 6) is 1.06. The van der Waals surface area contributed by atoms with Gasteiger partial charge in [0, 0.05) is 5.25 Å². The molecule has 1 N–H and O–H groups in total. The molecule has 1 aliphatic rings. The van der Waals surface area contributed by atoms with Crippen molar-refractivity contribution in [3.05, 3.63) is 35.4 Å². The molecular weight excluding hydrogens is 192 g/mol. The highest BCUT2D eigenvalue weighted by Crippen LogP contribution is 2.42. The van der Waals surface area contributed by atoms with E-state index in [1.54, 1.807) is 0 Å². The van der Waals surface area contributed by atoms with Crippen molar-refractivity contribution in [2.45, 2.75) is 31.1 Å². The zero-order valence-corrected chi connectivity index (χ0v) is 9.47. The Kier molecular flexibility index (Phi) is 2.58. The lowest BCUT2D eigenvalue weighted by Gasteiger charge is -2.27. The molecule has 1 aliphatic heterocycles. The lowest BCUT2D eigenvalue weighted by molar-refractivity contribution is 0.0427. The van der Waals surface area contributed by atoms with Crippen LogP contribution in [0.25, 0.3) is 0 Å². The van der Waals surface area contributed by atoms with E-state index in [4.69, 9.17) is 0 Å². The maximum Gasteiger partial charge on any atom is 0.102 e. The fourth-order valence-corrected chi connectivity index (χ4v) is 3.27. The Morgan fingerprint density at radius 3 is 2.50 bits per heavy atom. The molecule has 0 spiro atoms. The molecule has 1 aromatic carbocycles. The topological polar surface area (TPSA) is 20.2 Å². The van der Waals surface area contributed by atoms with Crippen LogP contribution < -0.4 is 0 Å². The van der Waals surface area contributed by atoms with E-state index in [1.807, 2.05) is 11.8 Å². The van der Waals surface area contributed by atoms with Crippen molar-refractivity contribution in [1.29, 1.82) is 0 Å². The SMILES string of the molecule is Cc1ccc([C@@]2(O)CCS[C@@H]2C)cc1. The summed E-state index contributed by atoms with van der Waals surface area (Å²) in [6.07, 6.45) is 0.877. The van der Waals surface area contributed by atoms with E-state index in [9.17, 15) is 5.11 Å². The van der Waals surface area contributed by atoms with Gasteiger partial charge < -0.3 is 5.11 Å². The molecule has 2 rings (SSSR count). The summed E-state index contributed by atoms with van der Waals surface area (Å²) < 4.78 is 0. The summed E-state index contributed by atoms with van der Waals surface area (Å²) in [6.45, 7) is 4.18. The van der Waals surface area contributed by atoms with Crippen LogP contribution in [0.1, 0.15) is 24.5 Å². The van der Waals surface area contributed by atoms with Crippen LogP contribution in [0.3, 0.4) is 0 Å². The minimum Gasteiger partial charge on any atom is -0.384 e.